The van der Waals surface area contributed by atoms with Crippen LogP contribution >= 0.6 is 11.6 Å². The molecule has 1 aliphatic heterocycles. The lowest BCUT2D eigenvalue weighted by molar-refractivity contribution is -0.126. The van der Waals surface area contributed by atoms with Crippen molar-refractivity contribution >= 4 is 27.5 Å². The molecule has 1 amide bonds. The first-order valence-corrected chi connectivity index (χ1v) is 11.4. The molecule has 1 fully saturated rings. The van der Waals surface area contributed by atoms with E-state index in [1.807, 2.05) is 19.1 Å². The van der Waals surface area contributed by atoms with E-state index in [0.29, 0.717) is 17.9 Å². The number of benzene rings is 2. The average Bonchev–Trinajstić information content (AvgIpc) is 2.74. The summed E-state index contributed by atoms with van der Waals surface area (Å²) in [6, 6.07) is 10.3. The van der Waals surface area contributed by atoms with E-state index in [1.54, 1.807) is 12.1 Å². The van der Waals surface area contributed by atoms with E-state index >= 15 is 0 Å². The third-order valence-corrected chi connectivity index (χ3v) is 7.37. The third-order valence-electron chi connectivity index (χ3n) is 5.23. The standard InChI is InChI=1S/C21H24ClFN2O4S/c1-14(15-5-7-17(22)8-6-15)24-21(26)16-4-3-11-25(13-16)30(27,28)20-12-18(23)9-10-19(20)29-2/h5-10,12,14,16H,3-4,11,13H2,1-2H3,(H,24,26)/t14-,16+/m1/s1. The van der Waals surface area contributed by atoms with Gasteiger partial charge in [-0.25, -0.2) is 12.8 Å². The maximum absolute atomic E-state index is 13.7. The highest BCUT2D eigenvalue weighted by atomic mass is 35.5. The minimum Gasteiger partial charge on any atom is -0.495 e. The summed E-state index contributed by atoms with van der Waals surface area (Å²) in [5, 5.41) is 3.55. The molecule has 162 valence electrons. The molecule has 1 heterocycles. The van der Waals surface area contributed by atoms with Gasteiger partial charge in [0.05, 0.1) is 19.1 Å². The lowest BCUT2D eigenvalue weighted by Gasteiger charge is -2.32. The SMILES string of the molecule is COc1ccc(F)cc1S(=O)(=O)N1CCC[C@H](C(=O)N[C@H](C)c2ccc(Cl)cc2)C1. The Kier molecular flexibility index (Phi) is 7.00. The fourth-order valence-electron chi connectivity index (χ4n) is 3.53. The summed E-state index contributed by atoms with van der Waals surface area (Å²) < 4.78 is 46.2. The molecule has 0 spiro atoms. The van der Waals surface area contributed by atoms with Gasteiger partial charge in [0.1, 0.15) is 16.5 Å². The molecule has 30 heavy (non-hydrogen) atoms. The average molecular weight is 455 g/mol. The second-order valence-electron chi connectivity index (χ2n) is 7.28. The van der Waals surface area contributed by atoms with E-state index in [0.717, 1.165) is 17.7 Å². The maximum atomic E-state index is 13.7. The van der Waals surface area contributed by atoms with Gasteiger partial charge in [0.15, 0.2) is 0 Å². The first-order valence-electron chi connectivity index (χ1n) is 9.62. The number of hydrogen-bond acceptors (Lipinski definition) is 4. The topological polar surface area (TPSA) is 75.7 Å². The van der Waals surface area contributed by atoms with Crippen molar-refractivity contribution in [1.82, 2.24) is 9.62 Å². The molecule has 0 aliphatic carbocycles. The third kappa shape index (κ3) is 4.94. The van der Waals surface area contributed by atoms with Crippen molar-refractivity contribution < 1.29 is 22.3 Å². The minimum atomic E-state index is -4.01. The smallest absolute Gasteiger partial charge is 0.246 e. The first-order chi connectivity index (χ1) is 14.2. The number of hydrogen-bond donors (Lipinski definition) is 1. The quantitative estimate of drug-likeness (QED) is 0.721. The highest BCUT2D eigenvalue weighted by Crippen LogP contribution is 2.30. The number of sulfonamides is 1. The number of carbonyl (C=O) groups is 1. The molecule has 1 aliphatic rings. The molecule has 0 saturated carbocycles. The van der Waals surface area contributed by atoms with Crippen molar-refractivity contribution in [3.8, 4) is 5.75 Å². The molecule has 3 rings (SSSR count). The summed E-state index contributed by atoms with van der Waals surface area (Å²) in [4.78, 5) is 12.6. The van der Waals surface area contributed by atoms with Gasteiger partial charge in [-0.2, -0.15) is 4.31 Å². The lowest BCUT2D eigenvalue weighted by atomic mass is 9.98. The fourth-order valence-corrected chi connectivity index (χ4v) is 5.35. The predicted molar refractivity (Wildman–Crippen MR) is 112 cm³/mol. The number of rotatable bonds is 6. The van der Waals surface area contributed by atoms with Crippen LogP contribution in [0, 0.1) is 11.7 Å². The molecule has 2 atom stereocenters. The summed E-state index contributed by atoms with van der Waals surface area (Å²) in [7, 11) is -2.68. The molecule has 9 heteroatoms. The second kappa shape index (κ2) is 9.32. The number of halogens is 2. The summed E-state index contributed by atoms with van der Waals surface area (Å²) >= 11 is 5.90. The number of amides is 1. The van der Waals surface area contributed by atoms with Gasteiger partial charge < -0.3 is 10.1 Å². The number of nitrogens with one attached hydrogen (secondary N) is 1. The Labute approximate surface area is 181 Å². The van der Waals surface area contributed by atoms with Gasteiger partial charge in [0, 0.05) is 18.1 Å². The van der Waals surface area contributed by atoms with Gasteiger partial charge in [0.25, 0.3) is 0 Å². The van der Waals surface area contributed by atoms with Crippen molar-refractivity contribution in [3.63, 3.8) is 0 Å². The minimum absolute atomic E-state index is 0.0289. The largest absolute Gasteiger partial charge is 0.495 e. The van der Waals surface area contributed by atoms with Gasteiger partial charge in [-0.1, -0.05) is 23.7 Å². The monoisotopic (exact) mass is 454 g/mol. The molecule has 0 bridgehead atoms. The number of nitrogens with zero attached hydrogens (tertiary/aromatic N) is 1. The van der Waals surface area contributed by atoms with Crippen LogP contribution < -0.4 is 10.1 Å². The van der Waals surface area contributed by atoms with E-state index in [-0.39, 0.29) is 35.7 Å². The van der Waals surface area contributed by atoms with E-state index in [4.69, 9.17) is 16.3 Å². The molecule has 0 unspecified atom stereocenters. The summed E-state index contributed by atoms with van der Waals surface area (Å²) in [5.74, 6) is -1.32. The number of carbonyl (C=O) groups excluding carboxylic acids is 1. The van der Waals surface area contributed by atoms with Crippen molar-refractivity contribution in [2.24, 2.45) is 5.92 Å². The van der Waals surface area contributed by atoms with Crippen LogP contribution in [-0.4, -0.2) is 38.8 Å². The Bertz CT molecular complexity index is 1010. The van der Waals surface area contributed by atoms with Crippen molar-refractivity contribution in [1.29, 1.82) is 0 Å². The second-order valence-corrected chi connectivity index (χ2v) is 9.62. The highest BCUT2D eigenvalue weighted by Gasteiger charge is 2.35. The van der Waals surface area contributed by atoms with Gasteiger partial charge in [-0.3, -0.25) is 4.79 Å². The molecule has 1 N–H and O–H groups in total. The van der Waals surface area contributed by atoms with E-state index in [1.165, 1.54) is 17.5 Å². The molecule has 2 aromatic rings. The van der Waals surface area contributed by atoms with E-state index in [9.17, 15) is 17.6 Å². The zero-order chi connectivity index (χ0) is 21.9. The Morgan fingerprint density at radius 2 is 1.97 bits per heavy atom. The van der Waals surface area contributed by atoms with Crippen LogP contribution in [0.2, 0.25) is 5.02 Å². The van der Waals surface area contributed by atoms with Crippen molar-refractivity contribution in [3.05, 3.63) is 58.9 Å². The van der Waals surface area contributed by atoms with Crippen LogP contribution in [0.15, 0.2) is 47.4 Å². The van der Waals surface area contributed by atoms with Gasteiger partial charge in [-0.15, -0.1) is 0 Å². The Morgan fingerprint density at radius 1 is 1.27 bits per heavy atom. The van der Waals surface area contributed by atoms with Crippen molar-refractivity contribution in [2.45, 2.75) is 30.7 Å². The van der Waals surface area contributed by atoms with E-state index in [2.05, 4.69) is 5.32 Å². The fraction of sp³-hybridized carbons (Fsp3) is 0.381. The molecular weight excluding hydrogens is 431 g/mol. The number of piperidine rings is 1. The predicted octanol–water partition coefficient (Wildman–Crippen LogP) is 3.77. The normalized spacial score (nSPS) is 18.6. The Morgan fingerprint density at radius 3 is 2.63 bits per heavy atom. The zero-order valence-corrected chi connectivity index (χ0v) is 18.3. The molecule has 0 aromatic heterocycles. The molecule has 0 radical (unpaired) electrons. The molecular formula is C21H24ClFN2O4S. The van der Waals surface area contributed by atoms with Crippen molar-refractivity contribution in [2.75, 3.05) is 20.2 Å². The molecule has 1 saturated heterocycles. The summed E-state index contributed by atoms with van der Waals surface area (Å²) in [6.45, 7) is 2.15. The number of ether oxygens (including phenoxy) is 1. The Hall–Kier alpha value is -2.16. The van der Waals surface area contributed by atoms with Crippen LogP contribution in [-0.2, 0) is 14.8 Å². The van der Waals surface area contributed by atoms with Crippen LogP contribution in [0.25, 0.3) is 0 Å². The van der Waals surface area contributed by atoms with Gasteiger partial charge >= 0.3 is 0 Å². The molecule has 6 nitrogen and oxygen atoms in total. The van der Waals surface area contributed by atoms with Crippen LogP contribution in [0.1, 0.15) is 31.4 Å². The lowest BCUT2D eigenvalue weighted by Crippen LogP contribution is -2.45. The van der Waals surface area contributed by atoms with Gasteiger partial charge in [0.2, 0.25) is 15.9 Å². The van der Waals surface area contributed by atoms with Crippen LogP contribution in [0.5, 0.6) is 5.75 Å². The highest BCUT2D eigenvalue weighted by molar-refractivity contribution is 7.89. The Balaban J connectivity index is 1.73. The summed E-state index contributed by atoms with van der Waals surface area (Å²) in [6.07, 6.45) is 1.11. The maximum Gasteiger partial charge on any atom is 0.246 e. The number of methoxy groups -OCH3 is 1. The van der Waals surface area contributed by atoms with Crippen LogP contribution in [0.4, 0.5) is 4.39 Å². The van der Waals surface area contributed by atoms with Gasteiger partial charge in [-0.05, 0) is 55.7 Å². The summed E-state index contributed by atoms with van der Waals surface area (Å²) in [5.41, 5.74) is 0.900. The zero-order valence-electron chi connectivity index (χ0n) is 16.8. The van der Waals surface area contributed by atoms with Crippen LogP contribution in [0.3, 0.4) is 0 Å². The first kappa shape index (κ1) is 22.5. The molecule has 2 aromatic carbocycles. The van der Waals surface area contributed by atoms with E-state index < -0.39 is 21.8 Å².